The van der Waals surface area contributed by atoms with E-state index in [1.54, 1.807) is 0 Å². The van der Waals surface area contributed by atoms with E-state index in [0.717, 1.165) is 19.4 Å². The molecule has 0 aromatic heterocycles. The number of hydrogen-bond acceptors (Lipinski definition) is 5. The summed E-state index contributed by atoms with van der Waals surface area (Å²) in [5, 5.41) is 3.00. The Morgan fingerprint density at radius 3 is 1.79 bits per heavy atom. The van der Waals surface area contributed by atoms with Crippen LogP contribution in [0.15, 0.2) is 11.8 Å². The molecule has 0 aliphatic carbocycles. The molecule has 1 aliphatic heterocycles. The van der Waals surface area contributed by atoms with Crippen LogP contribution in [0, 0.1) is 0 Å². The minimum absolute atomic E-state index is 0.0681. The first-order valence-corrected chi connectivity index (χ1v) is 9.36. The van der Waals surface area contributed by atoms with Gasteiger partial charge in [0.25, 0.3) is 5.79 Å². The number of ether oxygens (including phenoxy) is 2. The zero-order valence-corrected chi connectivity index (χ0v) is 15.5. The van der Waals surface area contributed by atoms with Gasteiger partial charge in [-0.15, -0.1) is 0 Å². The molecule has 1 heterocycles. The van der Waals surface area contributed by atoms with E-state index in [4.69, 9.17) is 9.47 Å². The molecule has 1 saturated heterocycles. The minimum Gasteiger partial charge on any atom is -0.419 e. The fourth-order valence-corrected chi connectivity index (χ4v) is 2.67. The number of esters is 2. The lowest BCUT2D eigenvalue weighted by Crippen LogP contribution is -2.42. The van der Waals surface area contributed by atoms with Crippen LogP contribution in [0.2, 0.25) is 0 Å². The van der Waals surface area contributed by atoms with Crippen LogP contribution in [0.3, 0.4) is 0 Å². The number of nitrogens with one attached hydrogen (secondary N) is 1. The molecule has 0 atom stereocenters. The Hall–Kier alpha value is -1.52. The van der Waals surface area contributed by atoms with E-state index in [2.05, 4.69) is 12.2 Å². The van der Waals surface area contributed by atoms with Crippen molar-refractivity contribution < 1.29 is 19.1 Å². The van der Waals surface area contributed by atoms with Crippen LogP contribution in [-0.2, 0) is 19.1 Å². The Morgan fingerprint density at radius 1 is 0.833 bits per heavy atom. The fraction of sp³-hybridized carbons (Fsp3) is 0.789. The molecule has 138 valence electrons. The third kappa shape index (κ3) is 8.37. The highest BCUT2D eigenvalue weighted by molar-refractivity contribution is 6.15. The highest BCUT2D eigenvalue weighted by atomic mass is 16.7. The van der Waals surface area contributed by atoms with Crippen LogP contribution in [-0.4, -0.2) is 24.3 Å². The molecule has 0 unspecified atom stereocenters. The molecule has 1 rings (SSSR count). The summed E-state index contributed by atoms with van der Waals surface area (Å²) in [5.41, 5.74) is -0.0681. The van der Waals surface area contributed by atoms with Crippen LogP contribution >= 0.6 is 0 Å². The van der Waals surface area contributed by atoms with Crippen molar-refractivity contribution >= 4 is 11.9 Å². The average Bonchev–Trinajstić information content (AvgIpc) is 2.49. The summed E-state index contributed by atoms with van der Waals surface area (Å²) < 4.78 is 10.0. The summed E-state index contributed by atoms with van der Waals surface area (Å²) in [5.74, 6) is -2.44. The van der Waals surface area contributed by atoms with E-state index in [1.807, 2.05) is 0 Å². The lowest BCUT2D eigenvalue weighted by atomic mass is 10.1. The molecule has 0 bridgehead atoms. The van der Waals surface area contributed by atoms with Crippen molar-refractivity contribution in [1.29, 1.82) is 0 Å². The summed E-state index contributed by atoms with van der Waals surface area (Å²) in [6.07, 6.45) is 14.2. The quantitative estimate of drug-likeness (QED) is 0.250. The molecule has 0 radical (unpaired) electrons. The van der Waals surface area contributed by atoms with Gasteiger partial charge in [-0.25, -0.2) is 9.59 Å². The van der Waals surface area contributed by atoms with E-state index in [1.165, 1.54) is 71.4 Å². The van der Waals surface area contributed by atoms with Gasteiger partial charge in [0, 0.05) is 26.6 Å². The minimum atomic E-state index is -1.18. The summed E-state index contributed by atoms with van der Waals surface area (Å²) in [6, 6.07) is 0. The normalized spacial score (nSPS) is 16.5. The lowest BCUT2D eigenvalue weighted by Gasteiger charge is -2.29. The van der Waals surface area contributed by atoms with Crippen LogP contribution < -0.4 is 5.32 Å². The van der Waals surface area contributed by atoms with Gasteiger partial charge in [0.15, 0.2) is 5.57 Å². The maximum atomic E-state index is 11.7. The molecular weight excluding hydrogens is 306 g/mol. The number of unbranched alkanes of at least 4 members (excludes halogenated alkanes) is 9. The predicted molar refractivity (Wildman–Crippen MR) is 94.2 cm³/mol. The maximum absolute atomic E-state index is 11.7. The number of cyclic esters (lactones) is 2. The van der Waals surface area contributed by atoms with Crippen molar-refractivity contribution in [1.82, 2.24) is 5.32 Å². The molecule has 5 heteroatoms. The first-order chi connectivity index (χ1) is 11.5. The van der Waals surface area contributed by atoms with Crippen LogP contribution in [0.4, 0.5) is 0 Å². The van der Waals surface area contributed by atoms with Crippen LogP contribution in [0.5, 0.6) is 0 Å². The van der Waals surface area contributed by atoms with Gasteiger partial charge >= 0.3 is 11.9 Å². The van der Waals surface area contributed by atoms with Gasteiger partial charge in [-0.05, 0) is 6.42 Å². The van der Waals surface area contributed by atoms with E-state index < -0.39 is 17.7 Å². The third-order valence-electron chi connectivity index (χ3n) is 4.04. The zero-order valence-electron chi connectivity index (χ0n) is 15.5. The van der Waals surface area contributed by atoms with E-state index in [-0.39, 0.29) is 5.57 Å². The molecule has 1 fully saturated rings. The van der Waals surface area contributed by atoms with Gasteiger partial charge in [-0.1, -0.05) is 64.7 Å². The first kappa shape index (κ1) is 20.5. The molecule has 5 nitrogen and oxygen atoms in total. The van der Waals surface area contributed by atoms with Crippen LogP contribution in [0.25, 0.3) is 0 Å². The Labute approximate surface area is 146 Å². The topological polar surface area (TPSA) is 64.6 Å². The smallest absolute Gasteiger partial charge is 0.350 e. The van der Waals surface area contributed by atoms with Gasteiger partial charge in [0.05, 0.1) is 0 Å². The van der Waals surface area contributed by atoms with Crippen LogP contribution in [0.1, 0.15) is 85.0 Å². The molecule has 0 spiro atoms. The van der Waals surface area contributed by atoms with Gasteiger partial charge in [-0.3, -0.25) is 0 Å². The van der Waals surface area contributed by atoms with Crippen molar-refractivity contribution in [3.8, 4) is 0 Å². The van der Waals surface area contributed by atoms with Crippen molar-refractivity contribution in [2.75, 3.05) is 6.54 Å². The Balaban J connectivity index is 2.04. The van der Waals surface area contributed by atoms with E-state index >= 15 is 0 Å². The zero-order chi connectivity index (χ0) is 17.8. The largest absolute Gasteiger partial charge is 0.419 e. The highest BCUT2D eigenvalue weighted by Crippen LogP contribution is 2.22. The van der Waals surface area contributed by atoms with E-state index in [0.29, 0.717) is 0 Å². The Bertz CT molecular complexity index is 407. The van der Waals surface area contributed by atoms with Gasteiger partial charge in [-0.2, -0.15) is 0 Å². The number of rotatable bonds is 12. The Kier molecular flexibility index (Phi) is 9.50. The summed E-state index contributed by atoms with van der Waals surface area (Å²) in [7, 11) is 0. The average molecular weight is 339 g/mol. The second-order valence-corrected chi connectivity index (χ2v) is 6.87. The van der Waals surface area contributed by atoms with Gasteiger partial charge < -0.3 is 14.8 Å². The number of carbonyl (C=O) groups is 2. The number of carbonyl (C=O) groups excluding carboxylic acids is 2. The second-order valence-electron chi connectivity index (χ2n) is 6.87. The molecule has 1 N–H and O–H groups in total. The summed E-state index contributed by atoms with van der Waals surface area (Å²) >= 11 is 0. The highest BCUT2D eigenvalue weighted by Gasteiger charge is 2.38. The number of hydrogen-bond donors (Lipinski definition) is 1. The molecule has 0 aromatic rings. The van der Waals surface area contributed by atoms with Crippen molar-refractivity contribution in [2.45, 2.75) is 90.8 Å². The van der Waals surface area contributed by atoms with Crippen molar-refractivity contribution in [3.63, 3.8) is 0 Å². The lowest BCUT2D eigenvalue weighted by molar-refractivity contribution is -0.222. The second kappa shape index (κ2) is 11.1. The molecular formula is C19H33NO4. The third-order valence-corrected chi connectivity index (χ3v) is 4.04. The molecule has 1 aliphatic rings. The first-order valence-electron chi connectivity index (χ1n) is 9.36. The van der Waals surface area contributed by atoms with Gasteiger partial charge in [0.2, 0.25) is 0 Å². The SMILES string of the molecule is CCCCCCCCCCCCNC=C1C(=O)OC(C)(C)OC1=O. The molecule has 0 amide bonds. The molecule has 0 saturated carbocycles. The summed E-state index contributed by atoms with van der Waals surface area (Å²) in [6.45, 7) is 6.06. The summed E-state index contributed by atoms with van der Waals surface area (Å²) in [4.78, 5) is 23.4. The fourth-order valence-electron chi connectivity index (χ4n) is 2.67. The van der Waals surface area contributed by atoms with E-state index in [9.17, 15) is 9.59 Å². The molecule has 0 aromatic carbocycles. The predicted octanol–water partition coefficient (Wildman–Crippen LogP) is 4.22. The molecule has 24 heavy (non-hydrogen) atoms. The Morgan fingerprint density at radius 2 is 1.29 bits per heavy atom. The van der Waals surface area contributed by atoms with Crippen molar-refractivity contribution in [2.24, 2.45) is 0 Å². The monoisotopic (exact) mass is 339 g/mol. The maximum Gasteiger partial charge on any atom is 0.350 e. The van der Waals surface area contributed by atoms with Crippen molar-refractivity contribution in [3.05, 3.63) is 11.8 Å². The van der Waals surface area contributed by atoms with Gasteiger partial charge in [0.1, 0.15) is 0 Å². The standard InChI is InChI=1S/C19H33NO4/c1-4-5-6-7-8-9-10-11-12-13-14-20-15-16-17(21)23-19(2,3)24-18(16)22/h15,20H,4-14H2,1-3H3.